The van der Waals surface area contributed by atoms with E-state index in [4.69, 9.17) is 11.6 Å². The summed E-state index contributed by atoms with van der Waals surface area (Å²) < 4.78 is 0. The summed E-state index contributed by atoms with van der Waals surface area (Å²) in [5.74, 6) is -0.502. The van der Waals surface area contributed by atoms with Crippen molar-refractivity contribution in [1.82, 2.24) is 10.2 Å². The van der Waals surface area contributed by atoms with E-state index in [1.54, 1.807) is 4.90 Å². The standard InChI is InChI=1S/C17H21ClN2O2/c18-14-8-4-7-13(11-14)15(12-5-2-1-3-6-12)20-10-9-19-16(21)17(20)22/h4,7-8,11-12,15H,1-3,5-6,9-10H2,(H,19,21). The molecule has 118 valence electrons. The van der Waals surface area contributed by atoms with E-state index < -0.39 is 11.8 Å². The lowest BCUT2D eigenvalue weighted by Gasteiger charge is -2.40. The Bertz CT molecular complexity index is 570. The Labute approximate surface area is 135 Å². The molecule has 1 unspecified atom stereocenters. The second kappa shape index (κ2) is 6.69. The van der Waals surface area contributed by atoms with Crippen LogP contribution in [0.2, 0.25) is 5.02 Å². The molecule has 0 aromatic heterocycles. The SMILES string of the molecule is O=C1NCCN(C(c2cccc(Cl)c2)C2CCCCC2)C1=O. The lowest BCUT2D eigenvalue weighted by atomic mass is 9.80. The first kappa shape index (κ1) is 15.3. The van der Waals surface area contributed by atoms with Crippen molar-refractivity contribution in [3.05, 3.63) is 34.9 Å². The third-order valence-corrected chi connectivity index (χ3v) is 4.95. The zero-order valence-corrected chi connectivity index (χ0v) is 13.3. The molecule has 1 aromatic carbocycles. The van der Waals surface area contributed by atoms with Gasteiger partial charge in [0.15, 0.2) is 0 Å². The van der Waals surface area contributed by atoms with Crippen LogP contribution in [0.3, 0.4) is 0 Å². The van der Waals surface area contributed by atoms with Crippen LogP contribution in [0.25, 0.3) is 0 Å². The first-order chi connectivity index (χ1) is 10.7. The normalized spacial score (nSPS) is 21.6. The molecule has 1 atom stereocenters. The van der Waals surface area contributed by atoms with Gasteiger partial charge in [0.2, 0.25) is 0 Å². The van der Waals surface area contributed by atoms with Crippen LogP contribution < -0.4 is 5.32 Å². The van der Waals surface area contributed by atoms with Gasteiger partial charge in [-0.25, -0.2) is 0 Å². The molecule has 1 saturated heterocycles. The number of carbonyl (C=O) groups is 2. The second-order valence-corrected chi connectivity index (χ2v) is 6.59. The van der Waals surface area contributed by atoms with Gasteiger partial charge in [-0.15, -0.1) is 0 Å². The summed E-state index contributed by atoms with van der Waals surface area (Å²) in [4.78, 5) is 25.9. The van der Waals surface area contributed by atoms with Crippen molar-refractivity contribution in [3.8, 4) is 0 Å². The monoisotopic (exact) mass is 320 g/mol. The van der Waals surface area contributed by atoms with Crippen LogP contribution in [0, 0.1) is 5.92 Å². The van der Waals surface area contributed by atoms with Gasteiger partial charge in [0.25, 0.3) is 0 Å². The van der Waals surface area contributed by atoms with Gasteiger partial charge in [-0.3, -0.25) is 9.59 Å². The number of benzene rings is 1. The number of rotatable bonds is 3. The van der Waals surface area contributed by atoms with Crippen molar-refractivity contribution < 1.29 is 9.59 Å². The van der Waals surface area contributed by atoms with E-state index in [1.165, 1.54) is 19.3 Å². The number of nitrogens with one attached hydrogen (secondary N) is 1. The maximum atomic E-state index is 12.3. The number of amides is 2. The Balaban J connectivity index is 1.94. The van der Waals surface area contributed by atoms with E-state index in [-0.39, 0.29) is 6.04 Å². The third kappa shape index (κ3) is 3.12. The molecule has 4 nitrogen and oxygen atoms in total. The highest BCUT2D eigenvalue weighted by atomic mass is 35.5. The highest BCUT2D eigenvalue weighted by Crippen LogP contribution is 2.39. The van der Waals surface area contributed by atoms with Crippen molar-refractivity contribution in [2.24, 2.45) is 5.92 Å². The molecule has 2 fully saturated rings. The van der Waals surface area contributed by atoms with Crippen molar-refractivity contribution in [1.29, 1.82) is 0 Å². The molecule has 0 radical (unpaired) electrons. The summed E-state index contributed by atoms with van der Waals surface area (Å²) in [5, 5.41) is 3.30. The topological polar surface area (TPSA) is 49.4 Å². The lowest BCUT2D eigenvalue weighted by molar-refractivity contribution is -0.151. The zero-order valence-electron chi connectivity index (χ0n) is 12.6. The average Bonchev–Trinajstić information content (AvgIpc) is 2.53. The molecule has 1 heterocycles. The Kier molecular flexibility index (Phi) is 4.67. The van der Waals surface area contributed by atoms with Crippen molar-refractivity contribution >= 4 is 23.4 Å². The Hall–Kier alpha value is -1.55. The quantitative estimate of drug-likeness (QED) is 0.871. The predicted molar refractivity (Wildman–Crippen MR) is 85.5 cm³/mol. The van der Waals surface area contributed by atoms with Gasteiger partial charge in [0, 0.05) is 18.1 Å². The highest BCUT2D eigenvalue weighted by Gasteiger charge is 2.37. The van der Waals surface area contributed by atoms with E-state index in [1.807, 2.05) is 24.3 Å². The molecule has 22 heavy (non-hydrogen) atoms. The molecule has 1 N–H and O–H groups in total. The van der Waals surface area contributed by atoms with Gasteiger partial charge in [-0.2, -0.15) is 0 Å². The number of nitrogens with zero attached hydrogens (tertiary/aromatic N) is 1. The first-order valence-corrected chi connectivity index (χ1v) is 8.39. The van der Waals surface area contributed by atoms with Crippen LogP contribution in [0.4, 0.5) is 0 Å². The van der Waals surface area contributed by atoms with E-state index in [0.29, 0.717) is 24.0 Å². The van der Waals surface area contributed by atoms with Crippen LogP contribution in [-0.2, 0) is 9.59 Å². The lowest BCUT2D eigenvalue weighted by Crippen LogP contribution is -2.54. The molecule has 0 bridgehead atoms. The smallest absolute Gasteiger partial charge is 0.312 e. The molecule has 2 amide bonds. The number of halogens is 1. The molecule has 2 aliphatic rings. The number of hydrogen-bond donors (Lipinski definition) is 1. The van der Waals surface area contributed by atoms with E-state index in [9.17, 15) is 9.59 Å². The molecular weight excluding hydrogens is 300 g/mol. The fraction of sp³-hybridized carbons (Fsp3) is 0.529. The fourth-order valence-corrected chi connectivity index (χ4v) is 3.91. The Morgan fingerprint density at radius 1 is 1.18 bits per heavy atom. The molecule has 1 aliphatic heterocycles. The average molecular weight is 321 g/mol. The molecule has 1 aromatic rings. The van der Waals surface area contributed by atoms with Crippen LogP contribution in [-0.4, -0.2) is 29.8 Å². The fourth-order valence-electron chi connectivity index (χ4n) is 3.71. The van der Waals surface area contributed by atoms with Crippen molar-refractivity contribution in [2.75, 3.05) is 13.1 Å². The minimum atomic E-state index is -0.492. The van der Waals surface area contributed by atoms with Crippen LogP contribution in [0.1, 0.15) is 43.7 Å². The van der Waals surface area contributed by atoms with Crippen LogP contribution >= 0.6 is 11.6 Å². The van der Waals surface area contributed by atoms with E-state index >= 15 is 0 Å². The van der Waals surface area contributed by atoms with Gasteiger partial charge in [0.05, 0.1) is 6.04 Å². The van der Waals surface area contributed by atoms with Crippen LogP contribution in [0.5, 0.6) is 0 Å². The summed E-state index contributed by atoms with van der Waals surface area (Å²) >= 11 is 6.15. The molecule has 5 heteroatoms. The minimum Gasteiger partial charge on any atom is -0.346 e. The molecular formula is C17H21ClN2O2. The predicted octanol–water partition coefficient (Wildman–Crippen LogP) is 2.92. The number of carbonyl (C=O) groups excluding carboxylic acids is 2. The van der Waals surface area contributed by atoms with Crippen molar-refractivity contribution in [3.63, 3.8) is 0 Å². The van der Waals surface area contributed by atoms with Gasteiger partial charge < -0.3 is 10.2 Å². The molecule has 0 spiro atoms. The van der Waals surface area contributed by atoms with Gasteiger partial charge >= 0.3 is 11.8 Å². The van der Waals surface area contributed by atoms with Gasteiger partial charge in [-0.1, -0.05) is 43.0 Å². The Morgan fingerprint density at radius 3 is 2.68 bits per heavy atom. The maximum Gasteiger partial charge on any atom is 0.312 e. The summed E-state index contributed by atoms with van der Waals surface area (Å²) in [6, 6.07) is 7.67. The molecule has 1 saturated carbocycles. The summed E-state index contributed by atoms with van der Waals surface area (Å²) in [6.45, 7) is 1.09. The second-order valence-electron chi connectivity index (χ2n) is 6.15. The van der Waals surface area contributed by atoms with E-state index in [2.05, 4.69) is 5.32 Å². The van der Waals surface area contributed by atoms with Gasteiger partial charge in [0.1, 0.15) is 0 Å². The zero-order chi connectivity index (χ0) is 15.5. The number of piperazine rings is 1. The molecule has 1 aliphatic carbocycles. The van der Waals surface area contributed by atoms with E-state index in [0.717, 1.165) is 18.4 Å². The van der Waals surface area contributed by atoms with Crippen molar-refractivity contribution in [2.45, 2.75) is 38.1 Å². The van der Waals surface area contributed by atoms with Gasteiger partial charge in [-0.05, 0) is 36.5 Å². The first-order valence-electron chi connectivity index (χ1n) is 8.01. The third-order valence-electron chi connectivity index (χ3n) is 4.72. The maximum absolute atomic E-state index is 12.3. The molecule has 3 rings (SSSR count). The summed E-state index contributed by atoms with van der Waals surface area (Å²) in [6.07, 6.45) is 5.84. The number of hydrogen-bond acceptors (Lipinski definition) is 2. The van der Waals surface area contributed by atoms with Crippen LogP contribution in [0.15, 0.2) is 24.3 Å². The summed E-state index contributed by atoms with van der Waals surface area (Å²) in [7, 11) is 0. The minimum absolute atomic E-state index is 0.0439. The Morgan fingerprint density at radius 2 is 1.95 bits per heavy atom. The summed E-state index contributed by atoms with van der Waals surface area (Å²) in [5.41, 5.74) is 1.04. The largest absolute Gasteiger partial charge is 0.346 e. The highest BCUT2D eigenvalue weighted by molar-refractivity contribution is 6.35.